The molecule has 0 aliphatic carbocycles. The predicted octanol–water partition coefficient (Wildman–Crippen LogP) is -0.271. The molecule has 0 aromatic rings. The number of rotatable bonds is 3. The summed E-state index contributed by atoms with van der Waals surface area (Å²) in [4.78, 5) is 0. The summed E-state index contributed by atoms with van der Waals surface area (Å²) in [6.07, 6.45) is 2.22. The van der Waals surface area contributed by atoms with E-state index < -0.39 is 0 Å². The van der Waals surface area contributed by atoms with E-state index in [1.165, 1.54) is 0 Å². The van der Waals surface area contributed by atoms with Gasteiger partial charge >= 0.3 is 0 Å². The van der Waals surface area contributed by atoms with Crippen LogP contribution in [0, 0.1) is 5.41 Å². The molecule has 3 nitrogen and oxygen atoms in total. The number of hydrogen-bond acceptors (Lipinski definition) is 3. The quantitative estimate of drug-likeness (QED) is 0.531. The van der Waals surface area contributed by atoms with Crippen LogP contribution in [-0.4, -0.2) is 36.0 Å². The van der Waals surface area contributed by atoms with Gasteiger partial charge in [0.15, 0.2) is 0 Å². The maximum atomic E-state index is 9.05. The Bertz CT molecular complexity index is 117. The lowest BCUT2D eigenvalue weighted by Crippen LogP contribution is -2.44. The fraction of sp³-hybridized carbons (Fsp3) is 1.00. The molecule has 0 saturated carbocycles. The SMILES string of the molecule is CC(CO)(CO)C1CCCN1. The standard InChI is InChI=1S/C8H17NO2/c1-8(5-10,6-11)7-3-2-4-9-7/h7,9-11H,2-6H2,1H3. The fourth-order valence-corrected chi connectivity index (χ4v) is 1.55. The molecule has 1 aliphatic heterocycles. The van der Waals surface area contributed by atoms with Crippen molar-refractivity contribution in [2.75, 3.05) is 19.8 Å². The van der Waals surface area contributed by atoms with Crippen molar-refractivity contribution in [2.24, 2.45) is 5.41 Å². The molecular formula is C8H17NO2. The third kappa shape index (κ3) is 1.72. The number of aliphatic hydroxyl groups excluding tert-OH is 2. The van der Waals surface area contributed by atoms with Gasteiger partial charge in [0.2, 0.25) is 0 Å². The van der Waals surface area contributed by atoms with Gasteiger partial charge < -0.3 is 15.5 Å². The molecule has 1 unspecified atom stereocenters. The Morgan fingerprint density at radius 1 is 1.45 bits per heavy atom. The van der Waals surface area contributed by atoms with Crippen LogP contribution in [0.25, 0.3) is 0 Å². The third-order valence-electron chi connectivity index (χ3n) is 2.62. The normalized spacial score (nSPS) is 25.9. The molecule has 0 aromatic heterocycles. The predicted molar refractivity (Wildman–Crippen MR) is 43.3 cm³/mol. The Balaban J connectivity index is 2.52. The molecule has 0 aromatic carbocycles. The van der Waals surface area contributed by atoms with E-state index in [1.807, 2.05) is 6.92 Å². The highest BCUT2D eigenvalue weighted by atomic mass is 16.3. The van der Waals surface area contributed by atoms with Crippen molar-refractivity contribution in [3.63, 3.8) is 0 Å². The van der Waals surface area contributed by atoms with Crippen LogP contribution in [0.1, 0.15) is 19.8 Å². The Labute approximate surface area is 67.4 Å². The van der Waals surface area contributed by atoms with Gasteiger partial charge in [-0.1, -0.05) is 6.92 Å². The zero-order chi connectivity index (χ0) is 8.32. The van der Waals surface area contributed by atoms with Crippen LogP contribution in [-0.2, 0) is 0 Å². The van der Waals surface area contributed by atoms with Crippen LogP contribution in [0.5, 0.6) is 0 Å². The Hall–Kier alpha value is -0.120. The molecule has 3 N–H and O–H groups in total. The van der Waals surface area contributed by atoms with Crippen LogP contribution in [0.4, 0.5) is 0 Å². The van der Waals surface area contributed by atoms with Crippen LogP contribution < -0.4 is 5.32 Å². The van der Waals surface area contributed by atoms with Gasteiger partial charge in [0.25, 0.3) is 0 Å². The van der Waals surface area contributed by atoms with Gasteiger partial charge in [0.1, 0.15) is 0 Å². The largest absolute Gasteiger partial charge is 0.396 e. The van der Waals surface area contributed by atoms with Crippen molar-refractivity contribution >= 4 is 0 Å². The second kappa shape index (κ2) is 3.52. The molecule has 0 spiro atoms. The molecule has 0 bridgehead atoms. The van der Waals surface area contributed by atoms with Gasteiger partial charge in [-0.25, -0.2) is 0 Å². The fourth-order valence-electron chi connectivity index (χ4n) is 1.55. The molecule has 1 atom stereocenters. The maximum absolute atomic E-state index is 9.05. The summed E-state index contributed by atoms with van der Waals surface area (Å²) in [6, 6.07) is 0.289. The molecule has 1 saturated heterocycles. The van der Waals surface area contributed by atoms with Crippen molar-refractivity contribution in [3.8, 4) is 0 Å². The highest BCUT2D eigenvalue weighted by Gasteiger charge is 2.34. The summed E-state index contributed by atoms with van der Waals surface area (Å²) < 4.78 is 0. The van der Waals surface area contributed by atoms with Crippen molar-refractivity contribution in [2.45, 2.75) is 25.8 Å². The Morgan fingerprint density at radius 3 is 2.45 bits per heavy atom. The lowest BCUT2D eigenvalue weighted by molar-refractivity contribution is 0.0422. The zero-order valence-corrected chi connectivity index (χ0v) is 7.01. The molecule has 1 rings (SSSR count). The number of nitrogens with one attached hydrogen (secondary N) is 1. The van der Waals surface area contributed by atoms with Gasteiger partial charge in [0, 0.05) is 11.5 Å². The van der Waals surface area contributed by atoms with E-state index in [1.54, 1.807) is 0 Å². The van der Waals surface area contributed by atoms with E-state index in [0.29, 0.717) is 0 Å². The van der Waals surface area contributed by atoms with Crippen LogP contribution in [0.3, 0.4) is 0 Å². The van der Waals surface area contributed by atoms with Gasteiger partial charge in [-0.2, -0.15) is 0 Å². The lowest BCUT2D eigenvalue weighted by atomic mass is 9.83. The van der Waals surface area contributed by atoms with Crippen molar-refractivity contribution < 1.29 is 10.2 Å². The summed E-state index contributed by atoms with van der Waals surface area (Å²) in [5.74, 6) is 0. The number of aliphatic hydroxyl groups is 2. The van der Waals surface area contributed by atoms with Crippen LogP contribution in [0.15, 0.2) is 0 Å². The van der Waals surface area contributed by atoms with Crippen molar-refractivity contribution in [1.82, 2.24) is 5.32 Å². The molecular weight excluding hydrogens is 142 g/mol. The van der Waals surface area contributed by atoms with E-state index in [9.17, 15) is 0 Å². The van der Waals surface area contributed by atoms with Crippen molar-refractivity contribution in [1.29, 1.82) is 0 Å². The second-order valence-electron chi connectivity index (χ2n) is 3.62. The van der Waals surface area contributed by atoms with Gasteiger partial charge in [-0.05, 0) is 19.4 Å². The monoisotopic (exact) mass is 159 g/mol. The summed E-state index contributed by atoms with van der Waals surface area (Å²) in [5.41, 5.74) is -0.337. The van der Waals surface area contributed by atoms with E-state index >= 15 is 0 Å². The highest BCUT2D eigenvalue weighted by molar-refractivity contribution is 4.90. The average molecular weight is 159 g/mol. The zero-order valence-electron chi connectivity index (χ0n) is 7.01. The van der Waals surface area contributed by atoms with E-state index in [-0.39, 0.29) is 24.7 Å². The first-order chi connectivity index (χ1) is 5.23. The van der Waals surface area contributed by atoms with Gasteiger partial charge in [-0.3, -0.25) is 0 Å². The minimum atomic E-state index is -0.337. The minimum absolute atomic E-state index is 0.0567. The second-order valence-corrected chi connectivity index (χ2v) is 3.62. The first-order valence-electron chi connectivity index (χ1n) is 4.18. The first-order valence-corrected chi connectivity index (χ1v) is 4.18. The first kappa shape index (κ1) is 8.97. The van der Waals surface area contributed by atoms with E-state index in [0.717, 1.165) is 19.4 Å². The van der Waals surface area contributed by atoms with Crippen molar-refractivity contribution in [3.05, 3.63) is 0 Å². The Kier molecular flexibility index (Phi) is 2.87. The lowest BCUT2D eigenvalue weighted by Gasteiger charge is -2.31. The van der Waals surface area contributed by atoms with Crippen LogP contribution in [0.2, 0.25) is 0 Å². The molecule has 1 aliphatic rings. The molecule has 66 valence electrons. The summed E-state index contributed by atoms with van der Waals surface area (Å²) in [5, 5.41) is 21.4. The number of hydrogen-bond donors (Lipinski definition) is 3. The van der Waals surface area contributed by atoms with Gasteiger partial charge in [-0.15, -0.1) is 0 Å². The smallest absolute Gasteiger partial charge is 0.0521 e. The maximum Gasteiger partial charge on any atom is 0.0521 e. The molecule has 1 fully saturated rings. The summed E-state index contributed by atoms with van der Waals surface area (Å²) in [6.45, 7) is 3.04. The molecule has 0 radical (unpaired) electrons. The summed E-state index contributed by atoms with van der Waals surface area (Å²) in [7, 11) is 0. The molecule has 1 heterocycles. The molecule has 3 heteroatoms. The minimum Gasteiger partial charge on any atom is -0.396 e. The Morgan fingerprint density at radius 2 is 2.09 bits per heavy atom. The third-order valence-corrected chi connectivity index (χ3v) is 2.62. The molecule has 0 amide bonds. The molecule has 11 heavy (non-hydrogen) atoms. The average Bonchev–Trinajstić information content (AvgIpc) is 2.55. The van der Waals surface area contributed by atoms with E-state index in [4.69, 9.17) is 10.2 Å². The summed E-state index contributed by atoms with van der Waals surface area (Å²) >= 11 is 0. The van der Waals surface area contributed by atoms with Crippen LogP contribution >= 0.6 is 0 Å². The topological polar surface area (TPSA) is 52.5 Å². The highest BCUT2D eigenvalue weighted by Crippen LogP contribution is 2.26. The van der Waals surface area contributed by atoms with Gasteiger partial charge in [0.05, 0.1) is 13.2 Å². The van der Waals surface area contributed by atoms with E-state index in [2.05, 4.69) is 5.32 Å².